The Morgan fingerprint density at radius 1 is 1.29 bits per heavy atom. The molecule has 4 heteroatoms. The molecule has 0 radical (unpaired) electrons. The monoisotopic (exact) mass is 285 g/mol. The van der Waals surface area contributed by atoms with E-state index < -0.39 is 4.92 Å². The first-order valence-electron chi connectivity index (χ1n) is 7.34. The van der Waals surface area contributed by atoms with Gasteiger partial charge >= 0.3 is 0 Å². The lowest BCUT2D eigenvalue weighted by atomic mass is 9.68. The average molecular weight is 285 g/mol. The van der Waals surface area contributed by atoms with E-state index in [1.165, 1.54) is 12.1 Å². The highest BCUT2D eigenvalue weighted by Gasteiger charge is 2.62. The fourth-order valence-electron chi connectivity index (χ4n) is 4.05. The Morgan fingerprint density at radius 3 is 2.43 bits per heavy atom. The van der Waals surface area contributed by atoms with Gasteiger partial charge in [-0.05, 0) is 41.9 Å². The molecule has 2 atom stereocenters. The van der Waals surface area contributed by atoms with Crippen molar-refractivity contribution in [2.45, 2.75) is 33.1 Å². The number of nitro benzene ring substituents is 1. The second kappa shape index (κ2) is 4.52. The molecule has 4 nitrogen and oxygen atoms in total. The van der Waals surface area contributed by atoms with Gasteiger partial charge < -0.3 is 0 Å². The van der Waals surface area contributed by atoms with E-state index >= 15 is 0 Å². The maximum absolute atomic E-state index is 12.4. The molecule has 21 heavy (non-hydrogen) atoms. The first-order chi connectivity index (χ1) is 9.87. The molecule has 2 aliphatic rings. The number of rotatable bonds is 3. The number of carbonyl (C=O) groups excluding carboxylic acids is 1. The number of nitrogens with zero attached hydrogens (tertiary/aromatic N) is 1. The van der Waals surface area contributed by atoms with Crippen LogP contribution in [0, 0.1) is 26.9 Å². The van der Waals surface area contributed by atoms with Crippen molar-refractivity contribution in [3.8, 4) is 0 Å². The van der Waals surface area contributed by atoms with Gasteiger partial charge in [-0.25, -0.2) is 0 Å². The van der Waals surface area contributed by atoms with Crippen LogP contribution in [0.1, 0.15) is 38.7 Å². The molecule has 110 valence electrons. The van der Waals surface area contributed by atoms with E-state index in [0.717, 1.165) is 18.4 Å². The maximum atomic E-state index is 12.4. The van der Waals surface area contributed by atoms with Crippen LogP contribution >= 0.6 is 0 Å². The number of non-ortho nitro benzene ring substituents is 1. The van der Waals surface area contributed by atoms with E-state index in [0.29, 0.717) is 18.1 Å². The van der Waals surface area contributed by atoms with E-state index in [2.05, 4.69) is 13.8 Å². The predicted molar refractivity (Wildman–Crippen MR) is 80.7 cm³/mol. The summed E-state index contributed by atoms with van der Waals surface area (Å²) in [5, 5.41) is 10.7. The van der Waals surface area contributed by atoms with Crippen molar-refractivity contribution in [1.82, 2.24) is 0 Å². The Morgan fingerprint density at radius 2 is 1.95 bits per heavy atom. The highest BCUT2D eigenvalue weighted by Crippen LogP contribution is 2.64. The average Bonchev–Trinajstić information content (AvgIpc) is 2.80. The van der Waals surface area contributed by atoms with Gasteiger partial charge in [0.05, 0.1) is 10.3 Å². The second-order valence-corrected chi connectivity index (χ2v) is 6.74. The second-order valence-electron chi connectivity index (χ2n) is 6.74. The number of benzene rings is 1. The number of hydrogen-bond donors (Lipinski definition) is 0. The number of nitro groups is 1. The molecule has 0 amide bonds. The molecular formula is C17H19NO3. The van der Waals surface area contributed by atoms with Crippen LogP contribution in [0.4, 0.5) is 5.69 Å². The van der Waals surface area contributed by atoms with Gasteiger partial charge in [-0.1, -0.05) is 26.0 Å². The van der Waals surface area contributed by atoms with Crippen LogP contribution in [-0.2, 0) is 4.79 Å². The number of Topliss-reactive ketones (excluding diaryl/α,β-unsaturated/α-hetero) is 1. The summed E-state index contributed by atoms with van der Waals surface area (Å²) in [5.74, 6) is 0.841. The quantitative estimate of drug-likeness (QED) is 0.623. The van der Waals surface area contributed by atoms with Gasteiger partial charge in [0.1, 0.15) is 5.78 Å². The number of ketones is 1. The van der Waals surface area contributed by atoms with Gasteiger partial charge in [-0.3, -0.25) is 14.9 Å². The van der Waals surface area contributed by atoms with Crippen molar-refractivity contribution in [2.24, 2.45) is 16.7 Å². The first kappa shape index (κ1) is 14.0. The Hall–Kier alpha value is -1.97. The number of fused-ring (bicyclic) bond motifs is 2. The van der Waals surface area contributed by atoms with E-state index in [9.17, 15) is 14.9 Å². The minimum atomic E-state index is -0.405. The minimum Gasteiger partial charge on any atom is -0.299 e. The summed E-state index contributed by atoms with van der Waals surface area (Å²) in [6.07, 6.45) is 6.72. The normalized spacial score (nSPS) is 30.2. The van der Waals surface area contributed by atoms with Crippen molar-refractivity contribution >= 4 is 17.5 Å². The molecule has 2 fully saturated rings. The zero-order valence-electron chi connectivity index (χ0n) is 12.3. The summed E-state index contributed by atoms with van der Waals surface area (Å²) in [6.45, 7) is 4.38. The summed E-state index contributed by atoms with van der Waals surface area (Å²) >= 11 is 0. The van der Waals surface area contributed by atoms with Crippen LogP contribution in [0.25, 0.3) is 6.08 Å². The molecule has 0 N–H and O–H groups in total. The van der Waals surface area contributed by atoms with Gasteiger partial charge in [0.2, 0.25) is 0 Å². The lowest BCUT2D eigenvalue weighted by Gasteiger charge is -2.33. The fraction of sp³-hybridized carbons (Fsp3) is 0.471. The third kappa shape index (κ3) is 1.93. The van der Waals surface area contributed by atoms with Crippen molar-refractivity contribution in [3.05, 3.63) is 46.0 Å². The van der Waals surface area contributed by atoms with Gasteiger partial charge in [0.15, 0.2) is 0 Å². The molecule has 0 aromatic heterocycles. The number of allylic oxidation sites excluding steroid dienone is 1. The van der Waals surface area contributed by atoms with Crippen LogP contribution in [0.5, 0.6) is 0 Å². The first-order valence-corrected chi connectivity index (χ1v) is 7.34. The molecule has 0 spiro atoms. The molecule has 2 unspecified atom stereocenters. The summed E-state index contributed by atoms with van der Waals surface area (Å²) < 4.78 is 0. The molecule has 0 saturated heterocycles. The SMILES string of the molecule is CC1(C)C2CCC1(C=Cc1ccc([N+](=O)[O-])cc1)C(=O)C2. The molecule has 0 aliphatic heterocycles. The van der Waals surface area contributed by atoms with Crippen molar-refractivity contribution < 1.29 is 9.72 Å². The molecule has 2 aliphatic carbocycles. The highest BCUT2D eigenvalue weighted by atomic mass is 16.6. The van der Waals surface area contributed by atoms with Crippen LogP contribution in [0.3, 0.4) is 0 Å². The Labute approximate surface area is 124 Å². The molecule has 1 aromatic carbocycles. The topological polar surface area (TPSA) is 60.2 Å². The smallest absolute Gasteiger partial charge is 0.269 e. The summed E-state index contributed by atoms with van der Waals surface area (Å²) in [7, 11) is 0. The molecular weight excluding hydrogens is 266 g/mol. The van der Waals surface area contributed by atoms with Gasteiger partial charge in [-0.2, -0.15) is 0 Å². The third-order valence-corrected chi connectivity index (χ3v) is 5.65. The van der Waals surface area contributed by atoms with Crippen LogP contribution in [0.15, 0.2) is 30.3 Å². The largest absolute Gasteiger partial charge is 0.299 e. The van der Waals surface area contributed by atoms with E-state index in [1.807, 2.05) is 12.2 Å². The van der Waals surface area contributed by atoms with Gasteiger partial charge in [-0.15, -0.1) is 0 Å². The van der Waals surface area contributed by atoms with Crippen LogP contribution in [0.2, 0.25) is 0 Å². The summed E-state index contributed by atoms with van der Waals surface area (Å²) in [4.78, 5) is 22.6. The van der Waals surface area contributed by atoms with Gasteiger partial charge in [0, 0.05) is 18.6 Å². The summed E-state index contributed by atoms with van der Waals surface area (Å²) in [5.41, 5.74) is 0.651. The Bertz CT molecular complexity index is 630. The summed E-state index contributed by atoms with van der Waals surface area (Å²) in [6, 6.07) is 6.45. The van der Waals surface area contributed by atoms with Crippen molar-refractivity contribution in [1.29, 1.82) is 0 Å². The fourth-order valence-corrected chi connectivity index (χ4v) is 4.05. The van der Waals surface area contributed by atoms with E-state index in [1.54, 1.807) is 12.1 Å². The van der Waals surface area contributed by atoms with E-state index in [-0.39, 0.29) is 16.5 Å². The lowest BCUT2D eigenvalue weighted by Crippen LogP contribution is -2.33. The van der Waals surface area contributed by atoms with Crippen molar-refractivity contribution in [2.75, 3.05) is 0 Å². The molecule has 1 aromatic rings. The lowest BCUT2D eigenvalue weighted by molar-refractivity contribution is -0.384. The Balaban J connectivity index is 1.88. The van der Waals surface area contributed by atoms with E-state index in [4.69, 9.17) is 0 Å². The molecule has 3 rings (SSSR count). The Kier molecular flexibility index (Phi) is 3.01. The zero-order valence-corrected chi connectivity index (χ0v) is 12.3. The highest BCUT2D eigenvalue weighted by molar-refractivity contribution is 5.92. The molecule has 2 bridgehead atoms. The predicted octanol–water partition coefficient (Wildman–Crippen LogP) is 4.00. The number of hydrogen-bond acceptors (Lipinski definition) is 3. The minimum absolute atomic E-state index is 0.0152. The van der Waals surface area contributed by atoms with Gasteiger partial charge in [0.25, 0.3) is 5.69 Å². The standard InChI is InChI=1S/C17H19NO3/c1-16(2)13-8-10-17(16,15(19)11-13)9-7-12-3-5-14(6-4-12)18(20)21/h3-7,9,13H,8,10-11H2,1-2H3. The van der Waals surface area contributed by atoms with Crippen molar-refractivity contribution in [3.63, 3.8) is 0 Å². The zero-order chi connectivity index (χ0) is 15.3. The molecule has 2 saturated carbocycles. The molecule has 0 heterocycles. The number of carbonyl (C=O) groups is 1. The third-order valence-electron chi connectivity index (χ3n) is 5.65. The van der Waals surface area contributed by atoms with Crippen LogP contribution in [-0.4, -0.2) is 10.7 Å². The maximum Gasteiger partial charge on any atom is 0.269 e. The van der Waals surface area contributed by atoms with Crippen LogP contribution < -0.4 is 0 Å².